The summed E-state index contributed by atoms with van der Waals surface area (Å²) in [6, 6.07) is 13.4. The molecule has 0 spiro atoms. The summed E-state index contributed by atoms with van der Waals surface area (Å²) in [6.07, 6.45) is -1.83. The number of hydrogen-bond donors (Lipinski definition) is 3. The predicted octanol–water partition coefficient (Wildman–Crippen LogP) is 1.85. The van der Waals surface area contributed by atoms with Gasteiger partial charge in [0.2, 0.25) is 12.1 Å². The first-order valence-corrected chi connectivity index (χ1v) is 11.3. The number of anilines is 1. The van der Waals surface area contributed by atoms with Crippen LogP contribution >= 0.6 is 0 Å². The van der Waals surface area contributed by atoms with Crippen LogP contribution in [-0.2, 0) is 14.4 Å². The third-order valence-electron chi connectivity index (χ3n) is 5.78. The Morgan fingerprint density at radius 3 is 2.51 bits per heavy atom. The molecule has 3 aromatic rings. The van der Waals surface area contributed by atoms with Crippen LogP contribution < -0.4 is 15.5 Å². The molecular formula is C26H23F2N5O4. The van der Waals surface area contributed by atoms with Crippen LogP contribution in [0.4, 0.5) is 14.5 Å². The van der Waals surface area contributed by atoms with Gasteiger partial charge in [-0.05, 0) is 43.3 Å². The highest BCUT2D eigenvalue weighted by Crippen LogP contribution is 2.26. The van der Waals surface area contributed by atoms with Crippen molar-refractivity contribution in [3.63, 3.8) is 0 Å². The number of aliphatic hydroxyl groups excluding tert-OH is 1. The molecule has 3 amide bonds. The summed E-state index contributed by atoms with van der Waals surface area (Å²) < 4.78 is 27.4. The Balaban J connectivity index is 1.56. The van der Waals surface area contributed by atoms with Crippen LogP contribution in [0.5, 0.6) is 0 Å². The highest BCUT2D eigenvalue weighted by Gasteiger charge is 2.33. The Hall–Kier alpha value is -4.51. The minimum atomic E-state index is -2.06. The van der Waals surface area contributed by atoms with Crippen molar-refractivity contribution < 1.29 is 28.3 Å². The molecule has 1 aliphatic heterocycles. The minimum Gasteiger partial charge on any atom is -0.378 e. The SMILES string of the molecule is C[C@H](NC(=O)C(O)c1cc(F)ccc1F)C(=O)NC1N=C(c2ccccn2)c2ccccc2N(C)C1=O. The highest BCUT2D eigenvalue weighted by atomic mass is 19.1. The average molecular weight is 507 g/mol. The maximum atomic E-state index is 13.9. The topological polar surface area (TPSA) is 124 Å². The number of halogens is 2. The van der Waals surface area contributed by atoms with Gasteiger partial charge in [0.25, 0.3) is 11.8 Å². The Kier molecular flexibility index (Phi) is 7.35. The van der Waals surface area contributed by atoms with Gasteiger partial charge >= 0.3 is 0 Å². The van der Waals surface area contributed by atoms with Crippen molar-refractivity contribution in [1.29, 1.82) is 0 Å². The standard InChI is InChI=1S/C26H23F2N5O4/c1-14(30-25(36)22(34)17-13-15(27)10-11-18(17)28)24(35)32-23-26(37)33(2)20-9-4-3-7-16(20)21(31-23)19-8-5-6-12-29-19/h3-14,22-23,34H,1-2H3,(H,30,36)(H,32,35)/t14-,22?,23?/m0/s1. The summed E-state index contributed by atoms with van der Waals surface area (Å²) in [4.78, 5) is 48.7. The minimum absolute atomic E-state index is 0.382. The number of benzodiazepines with no additional fused rings is 1. The molecule has 1 aliphatic rings. The summed E-state index contributed by atoms with van der Waals surface area (Å²) in [7, 11) is 1.55. The first-order chi connectivity index (χ1) is 17.7. The number of carbonyl (C=O) groups excluding carboxylic acids is 3. The number of para-hydroxylation sites is 1. The first-order valence-electron chi connectivity index (χ1n) is 11.3. The zero-order chi connectivity index (χ0) is 26.7. The van der Waals surface area contributed by atoms with Gasteiger partial charge in [0.05, 0.1) is 17.1 Å². The molecule has 2 aromatic carbocycles. The van der Waals surface area contributed by atoms with E-state index in [0.29, 0.717) is 28.7 Å². The van der Waals surface area contributed by atoms with E-state index in [1.807, 2.05) is 0 Å². The molecule has 0 fully saturated rings. The molecule has 0 aliphatic carbocycles. The van der Waals surface area contributed by atoms with E-state index in [9.17, 15) is 28.3 Å². The molecule has 0 saturated heterocycles. The number of likely N-dealkylation sites (N-methyl/N-ethyl adjacent to an activating group) is 1. The average Bonchev–Trinajstić information content (AvgIpc) is 3.00. The lowest BCUT2D eigenvalue weighted by Gasteiger charge is -2.22. The molecule has 9 nitrogen and oxygen atoms in total. The largest absolute Gasteiger partial charge is 0.378 e. The number of aliphatic hydroxyl groups is 1. The number of carbonyl (C=O) groups is 3. The predicted molar refractivity (Wildman–Crippen MR) is 131 cm³/mol. The normalized spacial score (nSPS) is 16.7. The molecule has 37 heavy (non-hydrogen) atoms. The van der Waals surface area contributed by atoms with Crippen molar-refractivity contribution in [3.05, 3.63) is 95.3 Å². The van der Waals surface area contributed by atoms with E-state index in [1.54, 1.807) is 55.7 Å². The molecular weight excluding hydrogens is 484 g/mol. The van der Waals surface area contributed by atoms with Crippen molar-refractivity contribution in [3.8, 4) is 0 Å². The van der Waals surface area contributed by atoms with E-state index in [1.165, 1.54) is 11.8 Å². The number of aliphatic imine (C=N–C) groups is 1. The van der Waals surface area contributed by atoms with E-state index >= 15 is 0 Å². The van der Waals surface area contributed by atoms with Gasteiger partial charge < -0.3 is 20.6 Å². The van der Waals surface area contributed by atoms with Crippen molar-refractivity contribution in [2.45, 2.75) is 25.2 Å². The van der Waals surface area contributed by atoms with Crippen LogP contribution in [0.3, 0.4) is 0 Å². The summed E-state index contributed by atoms with van der Waals surface area (Å²) in [5.74, 6) is -4.27. The van der Waals surface area contributed by atoms with Gasteiger partial charge in [-0.3, -0.25) is 19.4 Å². The maximum Gasteiger partial charge on any atom is 0.272 e. The highest BCUT2D eigenvalue weighted by molar-refractivity contribution is 6.19. The van der Waals surface area contributed by atoms with Crippen molar-refractivity contribution in [2.75, 3.05) is 11.9 Å². The van der Waals surface area contributed by atoms with Gasteiger partial charge in [-0.2, -0.15) is 0 Å². The number of hydrogen-bond acceptors (Lipinski definition) is 6. The number of aromatic nitrogens is 1. The second-order valence-electron chi connectivity index (χ2n) is 8.32. The maximum absolute atomic E-state index is 13.9. The molecule has 0 bridgehead atoms. The lowest BCUT2D eigenvalue weighted by atomic mass is 10.0. The monoisotopic (exact) mass is 507 g/mol. The van der Waals surface area contributed by atoms with E-state index in [-0.39, 0.29) is 0 Å². The quantitative estimate of drug-likeness (QED) is 0.470. The lowest BCUT2D eigenvalue weighted by molar-refractivity contribution is -0.134. The number of amides is 3. The Bertz CT molecular complexity index is 1380. The van der Waals surface area contributed by atoms with Gasteiger partial charge in [0.15, 0.2) is 6.10 Å². The number of nitrogens with one attached hydrogen (secondary N) is 2. The molecule has 2 unspecified atom stereocenters. The number of nitrogens with zero attached hydrogens (tertiary/aromatic N) is 3. The molecule has 0 saturated carbocycles. The van der Waals surface area contributed by atoms with Crippen LogP contribution in [0.1, 0.15) is 29.8 Å². The van der Waals surface area contributed by atoms with E-state index in [4.69, 9.17) is 0 Å². The molecule has 3 N–H and O–H groups in total. The summed E-state index contributed by atoms with van der Waals surface area (Å²) in [5.41, 5.74) is 1.49. The van der Waals surface area contributed by atoms with Crippen LogP contribution in [0.15, 0.2) is 71.9 Å². The number of fused-ring (bicyclic) bond motifs is 1. The number of pyridine rings is 1. The molecule has 1 aromatic heterocycles. The van der Waals surface area contributed by atoms with Crippen LogP contribution in [-0.4, -0.2) is 52.8 Å². The third-order valence-corrected chi connectivity index (χ3v) is 5.78. The molecule has 190 valence electrons. The van der Waals surface area contributed by atoms with Gasteiger partial charge in [0, 0.05) is 24.4 Å². The number of rotatable bonds is 6. The van der Waals surface area contributed by atoms with E-state index < -0.39 is 53.2 Å². The molecule has 11 heteroatoms. The lowest BCUT2D eigenvalue weighted by Crippen LogP contribution is -2.52. The second kappa shape index (κ2) is 10.6. The fraction of sp³-hybridized carbons (Fsp3) is 0.192. The molecule has 3 atom stereocenters. The van der Waals surface area contributed by atoms with Crippen molar-refractivity contribution >= 4 is 29.1 Å². The smallest absolute Gasteiger partial charge is 0.272 e. The van der Waals surface area contributed by atoms with E-state index in [2.05, 4.69) is 20.6 Å². The summed E-state index contributed by atoms with van der Waals surface area (Å²) in [6.45, 7) is 1.31. The second-order valence-corrected chi connectivity index (χ2v) is 8.32. The van der Waals surface area contributed by atoms with Gasteiger partial charge in [-0.1, -0.05) is 24.3 Å². The number of benzene rings is 2. The summed E-state index contributed by atoms with van der Waals surface area (Å²) in [5, 5.41) is 14.9. The van der Waals surface area contributed by atoms with Gasteiger partial charge in [-0.15, -0.1) is 0 Å². The van der Waals surface area contributed by atoms with Crippen LogP contribution in [0, 0.1) is 11.6 Å². The zero-order valence-corrected chi connectivity index (χ0v) is 19.9. The Morgan fingerprint density at radius 1 is 1.05 bits per heavy atom. The zero-order valence-electron chi connectivity index (χ0n) is 19.9. The van der Waals surface area contributed by atoms with Crippen molar-refractivity contribution in [2.24, 2.45) is 4.99 Å². The third kappa shape index (κ3) is 5.36. The van der Waals surface area contributed by atoms with Crippen molar-refractivity contribution in [1.82, 2.24) is 15.6 Å². The van der Waals surface area contributed by atoms with E-state index in [0.717, 1.165) is 12.1 Å². The van der Waals surface area contributed by atoms with Crippen LogP contribution in [0.2, 0.25) is 0 Å². The Labute approximate surface area is 210 Å². The Morgan fingerprint density at radius 2 is 1.78 bits per heavy atom. The molecule has 4 rings (SSSR count). The van der Waals surface area contributed by atoms with Gasteiger partial charge in [-0.25, -0.2) is 13.8 Å². The fourth-order valence-electron chi connectivity index (χ4n) is 3.81. The summed E-state index contributed by atoms with van der Waals surface area (Å²) >= 11 is 0. The van der Waals surface area contributed by atoms with Gasteiger partial charge in [0.1, 0.15) is 17.7 Å². The molecule has 2 heterocycles. The first kappa shape index (κ1) is 25.6. The fourth-order valence-corrected chi connectivity index (χ4v) is 3.81. The molecule has 0 radical (unpaired) electrons. The van der Waals surface area contributed by atoms with Crippen LogP contribution in [0.25, 0.3) is 0 Å².